The molecule has 0 unspecified atom stereocenters. The largest absolute Gasteiger partial charge is 0.467 e. The Hall–Kier alpha value is -2.70. The number of carbonyl (C=O) groups excluding carboxylic acids is 1. The summed E-state index contributed by atoms with van der Waals surface area (Å²) < 4.78 is 5.16. The fourth-order valence-corrected chi connectivity index (χ4v) is 2.65. The second-order valence-electron chi connectivity index (χ2n) is 5.60. The lowest BCUT2D eigenvalue weighted by Gasteiger charge is -2.15. The number of hydrogen-bond acceptors (Lipinski definition) is 6. The molecule has 126 valence electrons. The maximum atomic E-state index is 11.6. The third-order valence-electron chi connectivity index (χ3n) is 3.89. The first-order valence-electron chi connectivity index (χ1n) is 8.13. The molecule has 1 aliphatic heterocycles. The lowest BCUT2D eigenvalue weighted by Crippen LogP contribution is -2.27. The van der Waals surface area contributed by atoms with Gasteiger partial charge in [-0.05, 0) is 12.8 Å². The van der Waals surface area contributed by atoms with Crippen molar-refractivity contribution in [2.24, 2.45) is 0 Å². The highest BCUT2D eigenvalue weighted by Gasteiger charge is 2.19. The van der Waals surface area contributed by atoms with Crippen LogP contribution in [0.5, 0.6) is 6.01 Å². The summed E-state index contributed by atoms with van der Waals surface area (Å²) in [6, 6.07) is 9.98. The van der Waals surface area contributed by atoms with E-state index < -0.39 is 0 Å². The van der Waals surface area contributed by atoms with Crippen molar-refractivity contribution in [3.63, 3.8) is 0 Å². The summed E-state index contributed by atoms with van der Waals surface area (Å²) in [7, 11) is 1.53. The summed E-state index contributed by atoms with van der Waals surface area (Å²) in [6.45, 7) is 2.32. The molecule has 1 fully saturated rings. The van der Waals surface area contributed by atoms with Crippen molar-refractivity contribution in [2.45, 2.75) is 19.3 Å². The van der Waals surface area contributed by atoms with Crippen molar-refractivity contribution in [1.29, 1.82) is 0 Å². The van der Waals surface area contributed by atoms with Gasteiger partial charge in [-0.1, -0.05) is 30.3 Å². The number of benzene rings is 1. The summed E-state index contributed by atoms with van der Waals surface area (Å²) in [6.07, 6.45) is 2.50. The highest BCUT2D eigenvalue weighted by Crippen LogP contribution is 2.18. The number of amides is 1. The number of likely N-dealkylation sites (tertiary alicyclic amines) is 1. The van der Waals surface area contributed by atoms with Crippen LogP contribution in [0, 0.1) is 0 Å². The third-order valence-corrected chi connectivity index (χ3v) is 3.89. The van der Waals surface area contributed by atoms with E-state index in [-0.39, 0.29) is 11.9 Å². The fraction of sp³-hybridized carbons (Fsp3) is 0.412. The van der Waals surface area contributed by atoms with Gasteiger partial charge in [0.05, 0.1) is 7.11 Å². The Morgan fingerprint density at radius 1 is 1.21 bits per heavy atom. The molecule has 24 heavy (non-hydrogen) atoms. The Morgan fingerprint density at radius 2 is 2.04 bits per heavy atom. The molecule has 0 bridgehead atoms. The Balaban J connectivity index is 1.61. The number of nitrogens with one attached hydrogen (secondary N) is 1. The normalized spacial score (nSPS) is 14.0. The molecule has 1 aliphatic rings. The molecule has 1 N–H and O–H groups in total. The van der Waals surface area contributed by atoms with Crippen molar-refractivity contribution in [1.82, 2.24) is 19.9 Å². The predicted octanol–water partition coefficient (Wildman–Crippen LogP) is 1.97. The van der Waals surface area contributed by atoms with Gasteiger partial charge in [0.1, 0.15) is 0 Å². The van der Waals surface area contributed by atoms with E-state index in [9.17, 15) is 4.79 Å². The summed E-state index contributed by atoms with van der Waals surface area (Å²) in [5, 5.41) is 3.19. The molecule has 0 aliphatic carbocycles. The molecule has 2 heterocycles. The van der Waals surface area contributed by atoms with Gasteiger partial charge in [0, 0.05) is 31.6 Å². The van der Waals surface area contributed by atoms with E-state index in [1.807, 2.05) is 35.2 Å². The molecule has 1 amide bonds. The zero-order valence-corrected chi connectivity index (χ0v) is 13.7. The van der Waals surface area contributed by atoms with Gasteiger partial charge in [0.25, 0.3) is 0 Å². The molecule has 2 aromatic rings. The summed E-state index contributed by atoms with van der Waals surface area (Å²) in [4.78, 5) is 26.4. The van der Waals surface area contributed by atoms with Crippen LogP contribution in [0.15, 0.2) is 30.3 Å². The standard InChI is InChI=1S/C17H21N5O2/c1-24-17-20-15(13-7-3-2-4-8-13)19-16(21-17)18-10-6-12-22-11-5-9-14(22)23/h2-4,7-8H,5-6,9-12H2,1H3,(H,18,19,20,21). The van der Waals surface area contributed by atoms with E-state index in [1.165, 1.54) is 7.11 Å². The molecule has 1 saturated heterocycles. The number of nitrogens with zero attached hydrogens (tertiary/aromatic N) is 4. The van der Waals surface area contributed by atoms with E-state index in [0.29, 0.717) is 24.7 Å². The summed E-state index contributed by atoms with van der Waals surface area (Å²) in [5.41, 5.74) is 0.906. The van der Waals surface area contributed by atoms with Gasteiger partial charge in [-0.15, -0.1) is 0 Å². The van der Waals surface area contributed by atoms with E-state index in [4.69, 9.17) is 4.74 Å². The Labute approximate surface area is 141 Å². The molecule has 1 aromatic carbocycles. The second-order valence-corrected chi connectivity index (χ2v) is 5.60. The monoisotopic (exact) mass is 327 g/mol. The van der Waals surface area contributed by atoms with E-state index >= 15 is 0 Å². The van der Waals surface area contributed by atoms with Gasteiger partial charge in [0.15, 0.2) is 5.82 Å². The van der Waals surface area contributed by atoms with Crippen molar-refractivity contribution >= 4 is 11.9 Å². The summed E-state index contributed by atoms with van der Waals surface area (Å²) in [5.74, 6) is 1.30. The van der Waals surface area contributed by atoms with Crippen molar-refractivity contribution in [2.75, 3.05) is 32.1 Å². The first kappa shape index (κ1) is 16.2. The lowest BCUT2D eigenvalue weighted by atomic mass is 10.2. The van der Waals surface area contributed by atoms with Crippen LogP contribution >= 0.6 is 0 Å². The molecule has 0 atom stereocenters. The highest BCUT2D eigenvalue weighted by atomic mass is 16.5. The number of hydrogen-bond donors (Lipinski definition) is 1. The van der Waals surface area contributed by atoms with Gasteiger partial charge in [-0.2, -0.15) is 15.0 Å². The SMILES string of the molecule is COc1nc(NCCCN2CCCC2=O)nc(-c2ccccc2)n1. The zero-order chi connectivity index (χ0) is 16.8. The Morgan fingerprint density at radius 3 is 2.75 bits per heavy atom. The van der Waals surface area contributed by atoms with Crippen LogP contribution in [0.4, 0.5) is 5.95 Å². The maximum absolute atomic E-state index is 11.6. The molecule has 1 aromatic heterocycles. The number of aromatic nitrogens is 3. The molecule has 7 nitrogen and oxygen atoms in total. The minimum absolute atomic E-state index is 0.253. The molecule has 0 saturated carbocycles. The lowest BCUT2D eigenvalue weighted by molar-refractivity contribution is -0.127. The number of carbonyl (C=O) groups is 1. The van der Waals surface area contributed by atoms with Crippen LogP contribution in [0.25, 0.3) is 11.4 Å². The fourth-order valence-electron chi connectivity index (χ4n) is 2.65. The van der Waals surface area contributed by atoms with Crippen LogP contribution in [0.1, 0.15) is 19.3 Å². The second kappa shape index (κ2) is 7.72. The highest BCUT2D eigenvalue weighted by molar-refractivity contribution is 5.78. The smallest absolute Gasteiger partial charge is 0.321 e. The number of rotatable bonds is 7. The Kier molecular flexibility index (Phi) is 5.20. The molecule has 3 rings (SSSR count). The molecule has 0 radical (unpaired) electrons. The van der Waals surface area contributed by atoms with Crippen molar-refractivity contribution < 1.29 is 9.53 Å². The maximum Gasteiger partial charge on any atom is 0.321 e. The van der Waals surface area contributed by atoms with Gasteiger partial charge in [-0.25, -0.2) is 0 Å². The van der Waals surface area contributed by atoms with Crippen LogP contribution in [-0.4, -0.2) is 52.5 Å². The molecular formula is C17H21N5O2. The number of anilines is 1. The molecular weight excluding hydrogens is 306 g/mol. The zero-order valence-electron chi connectivity index (χ0n) is 13.7. The van der Waals surface area contributed by atoms with Crippen LogP contribution < -0.4 is 10.1 Å². The Bertz CT molecular complexity index is 693. The number of ether oxygens (including phenoxy) is 1. The van der Waals surface area contributed by atoms with Gasteiger partial charge in [-0.3, -0.25) is 4.79 Å². The number of methoxy groups -OCH3 is 1. The van der Waals surface area contributed by atoms with Crippen molar-refractivity contribution in [3.05, 3.63) is 30.3 Å². The van der Waals surface area contributed by atoms with Gasteiger partial charge >= 0.3 is 6.01 Å². The molecule has 7 heteroatoms. The van der Waals surface area contributed by atoms with Crippen LogP contribution in [0.3, 0.4) is 0 Å². The van der Waals surface area contributed by atoms with E-state index in [2.05, 4.69) is 20.3 Å². The molecule has 0 spiro atoms. The first-order chi connectivity index (χ1) is 11.8. The predicted molar refractivity (Wildman–Crippen MR) is 90.7 cm³/mol. The van der Waals surface area contributed by atoms with Crippen molar-refractivity contribution in [3.8, 4) is 17.4 Å². The minimum Gasteiger partial charge on any atom is -0.467 e. The third kappa shape index (κ3) is 3.98. The first-order valence-corrected chi connectivity index (χ1v) is 8.13. The van der Waals surface area contributed by atoms with Crippen LogP contribution in [-0.2, 0) is 4.79 Å². The average molecular weight is 327 g/mol. The van der Waals surface area contributed by atoms with Gasteiger partial charge < -0.3 is 15.0 Å². The van der Waals surface area contributed by atoms with E-state index in [1.54, 1.807) is 0 Å². The van der Waals surface area contributed by atoms with E-state index in [0.717, 1.165) is 31.5 Å². The quantitative estimate of drug-likeness (QED) is 0.783. The topological polar surface area (TPSA) is 80.2 Å². The minimum atomic E-state index is 0.253. The van der Waals surface area contributed by atoms with Gasteiger partial charge in [0.2, 0.25) is 11.9 Å². The average Bonchev–Trinajstić information content (AvgIpc) is 3.04. The summed E-state index contributed by atoms with van der Waals surface area (Å²) >= 11 is 0. The van der Waals surface area contributed by atoms with Crippen LogP contribution in [0.2, 0.25) is 0 Å².